The summed E-state index contributed by atoms with van der Waals surface area (Å²) in [6, 6.07) is 32.9. The zero-order valence-electron chi connectivity index (χ0n) is 25.0. The summed E-state index contributed by atoms with van der Waals surface area (Å²) in [5.74, 6) is 4.22. The molecule has 0 fully saturated rings. The molecule has 7 rings (SSSR count). The van der Waals surface area contributed by atoms with Crippen LogP contribution in [0.15, 0.2) is 116 Å². The van der Waals surface area contributed by atoms with Crippen LogP contribution >= 0.6 is 15.9 Å². The minimum atomic E-state index is 0.566. The molecule has 0 saturated carbocycles. The van der Waals surface area contributed by atoms with Crippen molar-refractivity contribution in [3.8, 4) is 57.0 Å². The Labute approximate surface area is 268 Å². The molecule has 0 atom stereocenters. The topological polar surface area (TPSA) is 89.0 Å². The van der Waals surface area contributed by atoms with Crippen molar-refractivity contribution in [2.45, 2.75) is 0 Å². The van der Waals surface area contributed by atoms with Gasteiger partial charge >= 0.3 is 0 Å². The maximum atomic E-state index is 6.11. The number of aromatic nitrogens is 2. The minimum Gasteiger partial charge on any atom is -0.497 e. The summed E-state index contributed by atoms with van der Waals surface area (Å²) >= 11 is 3.46. The summed E-state index contributed by atoms with van der Waals surface area (Å²) in [6.45, 7) is 0. The molecule has 8 nitrogen and oxygen atoms in total. The summed E-state index contributed by atoms with van der Waals surface area (Å²) in [5.41, 5.74) is 6.79. The van der Waals surface area contributed by atoms with E-state index < -0.39 is 0 Å². The van der Waals surface area contributed by atoms with Crippen molar-refractivity contribution in [3.63, 3.8) is 0 Å². The molecule has 9 heteroatoms. The lowest BCUT2D eigenvalue weighted by atomic mass is 10.0. The Morgan fingerprint density at radius 3 is 1.47 bits per heavy atom. The third-order valence-corrected chi connectivity index (χ3v) is 7.70. The van der Waals surface area contributed by atoms with E-state index in [1.54, 1.807) is 28.4 Å². The monoisotopic (exact) mass is 664 g/mol. The van der Waals surface area contributed by atoms with Gasteiger partial charge in [-0.3, -0.25) is 0 Å². The standard InChI is InChI=1S/C21H17NO3.C15H12BrNO3/c1-23-16-10-8-15(9-11-16)21-22-19-13-17(24-2)12-18(20(19)25-21)14-6-4-3-5-7-14;1-18-10-5-3-9(4-6-10)15-17-13-8-11(19-2)7-12(16)14(13)20-15/h3-13H,1-2H3;3-8H,1-2H3. The number of nitrogens with zero attached hydrogens (tertiary/aromatic N) is 2. The Kier molecular flexibility index (Phi) is 8.70. The Hall–Kier alpha value is -5.28. The number of ether oxygens (including phenoxy) is 4. The van der Waals surface area contributed by atoms with E-state index in [0.29, 0.717) is 17.4 Å². The summed E-state index contributed by atoms with van der Waals surface area (Å²) < 4.78 is 33.7. The van der Waals surface area contributed by atoms with E-state index in [-0.39, 0.29) is 0 Å². The second-order valence-corrected chi connectivity index (χ2v) is 10.7. The molecular weight excluding hydrogens is 636 g/mol. The first-order valence-corrected chi connectivity index (χ1v) is 14.8. The number of fused-ring (bicyclic) bond motifs is 2. The number of hydrogen-bond acceptors (Lipinski definition) is 8. The number of methoxy groups -OCH3 is 4. The van der Waals surface area contributed by atoms with Gasteiger partial charge in [-0.1, -0.05) is 30.3 Å². The summed E-state index contributed by atoms with van der Waals surface area (Å²) in [5, 5.41) is 0. The van der Waals surface area contributed by atoms with E-state index in [2.05, 4.69) is 25.9 Å². The molecular formula is C36H29BrN2O6. The summed E-state index contributed by atoms with van der Waals surface area (Å²) in [4.78, 5) is 9.14. The number of rotatable bonds is 7. The molecule has 7 aromatic rings. The highest BCUT2D eigenvalue weighted by Gasteiger charge is 2.16. The zero-order valence-corrected chi connectivity index (χ0v) is 26.6. The van der Waals surface area contributed by atoms with E-state index in [4.69, 9.17) is 27.8 Å². The lowest BCUT2D eigenvalue weighted by molar-refractivity contribution is 0.414. The molecule has 0 spiro atoms. The van der Waals surface area contributed by atoms with Gasteiger partial charge in [0.2, 0.25) is 11.8 Å². The molecule has 0 bridgehead atoms. The smallest absolute Gasteiger partial charge is 0.227 e. The van der Waals surface area contributed by atoms with Crippen LogP contribution in [0.4, 0.5) is 0 Å². The van der Waals surface area contributed by atoms with Crippen LogP contribution in [0.3, 0.4) is 0 Å². The van der Waals surface area contributed by atoms with Crippen molar-refractivity contribution in [3.05, 3.63) is 108 Å². The average molecular weight is 666 g/mol. The molecule has 2 aromatic heterocycles. The minimum absolute atomic E-state index is 0.566. The fraction of sp³-hybridized carbons (Fsp3) is 0.111. The predicted octanol–water partition coefficient (Wildman–Crippen LogP) is 9.45. The maximum Gasteiger partial charge on any atom is 0.227 e. The SMILES string of the molecule is COc1ccc(-c2nc3cc(OC)cc(-c4ccccc4)c3o2)cc1.COc1ccc(-c2nc3cc(OC)cc(Br)c3o2)cc1. The molecule has 0 unspecified atom stereocenters. The third kappa shape index (κ3) is 6.34. The maximum absolute atomic E-state index is 6.11. The van der Waals surface area contributed by atoms with Crippen LogP contribution in [0.2, 0.25) is 0 Å². The van der Waals surface area contributed by atoms with Crippen LogP contribution in [-0.4, -0.2) is 38.4 Å². The molecule has 226 valence electrons. The van der Waals surface area contributed by atoms with Gasteiger partial charge in [0.1, 0.15) is 34.0 Å². The number of hydrogen-bond donors (Lipinski definition) is 0. The highest BCUT2D eigenvalue weighted by molar-refractivity contribution is 9.10. The highest BCUT2D eigenvalue weighted by Crippen LogP contribution is 2.36. The molecule has 0 N–H and O–H groups in total. The Morgan fingerprint density at radius 2 is 0.956 bits per heavy atom. The van der Waals surface area contributed by atoms with E-state index in [1.807, 2.05) is 103 Å². The van der Waals surface area contributed by atoms with Crippen molar-refractivity contribution in [1.29, 1.82) is 0 Å². The van der Waals surface area contributed by atoms with Crippen LogP contribution in [-0.2, 0) is 0 Å². The van der Waals surface area contributed by atoms with Crippen molar-refractivity contribution in [1.82, 2.24) is 9.97 Å². The van der Waals surface area contributed by atoms with Crippen LogP contribution in [0.5, 0.6) is 23.0 Å². The molecule has 0 aliphatic heterocycles. The van der Waals surface area contributed by atoms with E-state index >= 15 is 0 Å². The highest BCUT2D eigenvalue weighted by atomic mass is 79.9. The second kappa shape index (κ2) is 13.2. The Balaban J connectivity index is 0.000000163. The number of halogens is 1. The lowest BCUT2D eigenvalue weighted by Gasteiger charge is -2.05. The van der Waals surface area contributed by atoms with Gasteiger partial charge in [0.15, 0.2) is 11.2 Å². The fourth-order valence-corrected chi connectivity index (χ4v) is 5.27. The van der Waals surface area contributed by atoms with Crippen molar-refractivity contribution in [2.24, 2.45) is 0 Å². The normalized spacial score (nSPS) is 10.8. The van der Waals surface area contributed by atoms with Gasteiger partial charge < -0.3 is 27.8 Å². The first-order chi connectivity index (χ1) is 22.0. The second-order valence-electron chi connectivity index (χ2n) is 9.84. The van der Waals surface area contributed by atoms with Gasteiger partial charge in [0.25, 0.3) is 0 Å². The lowest BCUT2D eigenvalue weighted by Crippen LogP contribution is -1.85. The third-order valence-electron chi connectivity index (χ3n) is 7.11. The average Bonchev–Trinajstić information content (AvgIpc) is 3.74. The van der Waals surface area contributed by atoms with Gasteiger partial charge in [-0.2, -0.15) is 0 Å². The molecule has 0 radical (unpaired) electrons. The molecule has 0 aliphatic carbocycles. The van der Waals surface area contributed by atoms with Crippen molar-refractivity contribution >= 4 is 38.1 Å². The quantitative estimate of drug-likeness (QED) is 0.166. The fourth-order valence-electron chi connectivity index (χ4n) is 4.76. The molecule has 0 aliphatic rings. The predicted molar refractivity (Wildman–Crippen MR) is 178 cm³/mol. The Morgan fingerprint density at radius 1 is 0.489 bits per heavy atom. The van der Waals surface area contributed by atoms with Gasteiger partial charge in [0, 0.05) is 28.8 Å². The Bertz CT molecular complexity index is 2050. The van der Waals surface area contributed by atoms with E-state index in [9.17, 15) is 0 Å². The van der Waals surface area contributed by atoms with Crippen LogP contribution < -0.4 is 18.9 Å². The molecule has 45 heavy (non-hydrogen) atoms. The first-order valence-electron chi connectivity index (χ1n) is 14.0. The van der Waals surface area contributed by atoms with E-state index in [1.165, 1.54) is 0 Å². The van der Waals surface area contributed by atoms with Crippen LogP contribution in [0.1, 0.15) is 0 Å². The van der Waals surface area contributed by atoms with Crippen LogP contribution in [0.25, 0.3) is 56.2 Å². The molecule has 0 saturated heterocycles. The van der Waals surface area contributed by atoms with Crippen LogP contribution in [0, 0.1) is 0 Å². The van der Waals surface area contributed by atoms with Crippen molar-refractivity contribution < 1.29 is 27.8 Å². The number of benzene rings is 5. The van der Waals surface area contributed by atoms with Gasteiger partial charge in [-0.25, -0.2) is 9.97 Å². The van der Waals surface area contributed by atoms with Gasteiger partial charge in [-0.05, 0) is 82.2 Å². The first kappa shape index (κ1) is 29.8. The molecule has 2 heterocycles. The summed E-state index contributed by atoms with van der Waals surface area (Å²) in [6.07, 6.45) is 0. The van der Waals surface area contributed by atoms with Crippen molar-refractivity contribution in [2.75, 3.05) is 28.4 Å². The molecule has 0 amide bonds. The zero-order chi connectivity index (χ0) is 31.3. The summed E-state index contributed by atoms with van der Waals surface area (Å²) in [7, 11) is 6.56. The largest absolute Gasteiger partial charge is 0.497 e. The van der Waals surface area contributed by atoms with Gasteiger partial charge in [-0.15, -0.1) is 0 Å². The molecule has 5 aromatic carbocycles. The van der Waals surface area contributed by atoms with Gasteiger partial charge in [0.05, 0.1) is 32.9 Å². The number of oxazole rings is 2. The van der Waals surface area contributed by atoms with E-state index in [0.717, 1.165) is 66.3 Å².